The number of aromatic hydroxyl groups is 1. The third-order valence-corrected chi connectivity index (χ3v) is 5.60. The molecule has 2 aromatic carbocycles. The van der Waals surface area contributed by atoms with E-state index in [1.165, 1.54) is 36.8 Å². The summed E-state index contributed by atoms with van der Waals surface area (Å²) in [6, 6.07) is 17.2. The monoisotopic (exact) mass is 366 g/mol. The summed E-state index contributed by atoms with van der Waals surface area (Å²) in [5, 5.41) is 17.2. The number of unbranched alkanes of at least 4 members (excludes halogenated alkanes) is 3. The van der Waals surface area contributed by atoms with E-state index in [0.717, 1.165) is 50.9 Å². The van der Waals surface area contributed by atoms with Crippen molar-refractivity contribution < 1.29 is 5.11 Å². The minimum absolute atomic E-state index is 0.475. The molecule has 2 aromatic rings. The van der Waals surface area contributed by atoms with E-state index in [-0.39, 0.29) is 0 Å². The first-order chi connectivity index (χ1) is 13.3. The Hall–Kier alpha value is -1.84. The Kier molecular flexibility index (Phi) is 8.19. The molecule has 1 aliphatic rings. The highest BCUT2D eigenvalue weighted by atomic mass is 16.3. The zero-order valence-corrected chi connectivity index (χ0v) is 16.4. The molecule has 1 unspecified atom stereocenters. The van der Waals surface area contributed by atoms with Gasteiger partial charge in [0.15, 0.2) is 0 Å². The molecule has 3 rings (SSSR count). The van der Waals surface area contributed by atoms with Gasteiger partial charge in [0.2, 0.25) is 0 Å². The van der Waals surface area contributed by atoms with Gasteiger partial charge in [-0.15, -0.1) is 0 Å². The molecule has 0 amide bonds. The largest absolute Gasteiger partial charge is 0.508 e. The minimum atomic E-state index is 0.475. The van der Waals surface area contributed by atoms with Gasteiger partial charge in [0.1, 0.15) is 5.75 Å². The lowest BCUT2D eigenvalue weighted by Gasteiger charge is -2.26. The van der Waals surface area contributed by atoms with Crippen LogP contribution in [-0.4, -0.2) is 30.8 Å². The second kappa shape index (κ2) is 11.1. The van der Waals surface area contributed by atoms with Crippen molar-refractivity contribution >= 4 is 0 Å². The lowest BCUT2D eigenvalue weighted by atomic mass is 9.87. The van der Waals surface area contributed by atoms with Gasteiger partial charge in [0.05, 0.1) is 0 Å². The summed E-state index contributed by atoms with van der Waals surface area (Å²) in [6.07, 6.45) is 9.43. The predicted molar refractivity (Wildman–Crippen MR) is 113 cm³/mol. The van der Waals surface area contributed by atoms with E-state index >= 15 is 0 Å². The number of rotatable bonds is 11. The van der Waals surface area contributed by atoms with Crippen LogP contribution in [0, 0.1) is 0 Å². The fraction of sp³-hybridized carbons (Fsp3) is 0.500. The molecule has 3 heteroatoms. The Labute approximate surface area is 164 Å². The summed E-state index contributed by atoms with van der Waals surface area (Å²) in [4.78, 5) is 0. The molecule has 0 aromatic heterocycles. The van der Waals surface area contributed by atoms with E-state index in [2.05, 4.69) is 47.0 Å². The number of phenolic OH excluding ortho intramolecular Hbond substituents is 1. The van der Waals surface area contributed by atoms with Gasteiger partial charge in [0, 0.05) is 6.04 Å². The number of benzene rings is 2. The van der Waals surface area contributed by atoms with Crippen molar-refractivity contribution in [3.05, 3.63) is 65.2 Å². The molecule has 0 heterocycles. The second-order valence-electron chi connectivity index (χ2n) is 7.71. The van der Waals surface area contributed by atoms with Crippen LogP contribution in [0.3, 0.4) is 0 Å². The topological polar surface area (TPSA) is 44.3 Å². The first kappa shape index (κ1) is 19.9. The van der Waals surface area contributed by atoms with E-state index in [4.69, 9.17) is 0 Å². The molecule has 0 spiro atoms. The smallest absolute Gasteiger partial charge is 0.119 e. The molecule has 0 aliphatic heterocycles. The van der Waals surface area contributed by atoms with Crippen LogP contribution in [0.4, 0.5) is 0 Å². The number of hydrogen-bond acceptors (Lipinski definition) is 3. The number of fused-ring (bicyclic) bond motifs is 1. The lowest BCUT2D eigenvalue weighted by Crippen LogP contribution is -2.35. The average Bonchev–Trinajstić information content (AvgIpc) is 2.70. The van der Waals surface area contributed by atoms with Gasteiger partial charge >= 0.3 is 0 Å². The maximum absolute atomic E-state index is 9.93. The fourth-order valence-electron chi connectivity index (χ4n) is 4.00. The van der Waals surface area contributed by atoms with Crippen molar-refractivity contribution in [1.82, 2.24) is 10.6 Å². The Balaban J connectivity index is 1.17. The summed E-state index contributed by atoms with van der Waals surface area (Å²) in [6.45, 7) is 3.31. The molecule has 3 N–H and O–H groups in total. The molecule has 0 bridgehead atoms. The Morgan fingerprint density at radius 3 is 2.52 bits per heavy atom. The maximum Gasteiger partial charge on any atom is 0.119 e. The highest BCUT2D eigenvalue weighted by Gasteiger charge is 2.19. The minimum Gasteiger partial charge on any atom is -0.508 e. The van der Waals surface area contributed by atoms with Gasteiger partial charge < -0.3 is 15.7 Å². The van der Waals surface area contributed by atoms with Gasteiger partial charge in [-0.05, 0) is 80.9 Å². The molecule has 1 atom stereocenters. The summed E-state index contributed by atoms with van der Waals surface area (Å²) in [5.74, 6) is 0.475. The van der Waals surface area contributed by atoms with Gasteiger partial charge in [-0.1, -0.05) is 55.3 Å². The van der Waals surface area contributed by atoms with Crippen molar-refractivity contribution in [1.29, 1.82) is 0 Å². The molecular formula is C24H34N2O. The van der Waals surface area contributed by atoms with Gasteiger partial charge in [0.25, 0.3) is 0 Å². The van der Waals surface area contributed by atoms with Crippen molar-refractivity contribution in [3.63, 3.8) is 0 Å². The zero-order valence-electron chi connectivity index (χ0n) is 16.4. The molecule has 27 heavy (non-hydrogen) atoms. The van der Waals surface area contributed by atoms with Crippen LogP contribution in [0.5, 0.6) is 5.75 Å². The van der Waals surface area contributed by atoms with E-state index in [0.29, 0.717) is 11.8 Å². The van der Waals surface area contributed by atoms with Crippen molar-refractivity contribution in [2.75, 3.05) is 19.6 Å². The Bertz CT molecular complexity index is 671. The summed E-state index contributed by atoms with van der Waals surface area (Å²) >= 11 is 0. The van der Waals surface area contributed by atoms with Crippen LogP contribution >= 0.6 is 0 Å². The van der Waals surface area contributed by atoms with Crippen LogP contribution in [-0.2, 0) is 19.3 Å². The van der Waals surface area contributed by atoms with Crippen LogP contribution in [0.2, 0.25) is 0 Å². The van der Waals surface area contributed by atoms with E-state index in [9.17, 15) is 5.11 Å². The number of phenols is 1. The highest BCUT2D eigenvalue weighted by Crippen LogP contribution is 2.28. The van der Waals surface area contributed by atoms with E-state index < -0.39 is 0 Å². The van der Waals surface area contributed by atoms with Crippen LogP contribution in [0.15, 0.2) is 48.5 Å². The molecule has 0 fully saturated rings. The van der Waals surface area contributed by atoms with Crippen LogP contribution < -0.4 is 10.6 Å². The summed E-state index contributed by atoms with van der Waals surface area (Å²) in [7, 11) is 0. The highest BCUT2D eigenvalue weighted by molar-refractivity contribution is 5.41. The molecule has 0 saturated carbocycles. The molecule has 3 nitrogen and oxygen atoms in total. The summed E-state index contributed by atoms with van der Waals surface area (Å²) < 4.78 is 0. The predicted octanol–water partition coefficient (Wildman–Crippen LogP) is 4.23. The van der Waals surface area contributed by atoms with Crippen LogP contribution in [0.1, 0.15) is 48.8 Å². The third kappa shape index (κ3) is 6.67. The zero-order chi connectivity index (χ0) is 18.7. The Morgan fingerprint density at radius 2 is 1.67 bits per heavy atom. The standard InChI is InChI=1S/C24H34N2O/c27-24-12-8-11-21-19-22(13-14-23(21)24)26-17-7-2-1-6-16-25-18-15-20-9-4-3-5-10-20/h3-5,8-12,22,25-27H,1-2,6-7,13-19H2. The van der Waals surface area contributed by atoms with Crippen molar-refractivity contribution in [3.8, 4) is 5.75 Å². The van der Waals surface area contributed by atoms with Crippen molar-refractivity contribution in [2.45, 2.75) is 57.4 Å². The Morgan fingerprint density at radius 1 is 0.852 bits per heavy atom. The quantitative estimate of drug-likeness (QED) is 0.522. The number of hydrogen-bond donors (Lipinski definition) is 3. The second-order valence-corrected chi connectivity index (χ2v) is 7.71. The lowest BCUT2D eigenvalue weighted by molar-refractivity contribution is 0.426. The fourth-order valence-corrected chi connectivity index (χ4v) is 4.00. The van der Waals surface area contributed by atoms with Gasteiger partial charge in [-0.3, -0.25) is 0 Å². The molecule has 0 saturated heterocycles. The van der Waals surface area contributed by atoms with E-state index in [1.54, 1.807) is 0 Å². The molecule has 1 aliphatic carbocycles. The molecule has 0 radical (unpaired) electrons. The normalized spacial score (nSPS) is 16.2. The van der Waals surface area contributed by atoms with Crippen LogP contribution in [0.25, 0.3) is 0 Å². The van der Waals surface area contributed by atoms with E-state index in [1.807, 2.05) is 12.1 Å². The molecular weight excluding hydrogens is 332 g/mol. The first-order valence-electron chi connectivity index (χ1n) is 10.6. The van der Waals surface area contributed by atoms with Gasteiger partial charge in [-0.2, -0.15) is 0 Å². The first-order valence-corrected chi connectivity index (χ1v) is 10.6. The maximum atomic E-state index is 9.93. The van der Waals surface area contributed by atoms with Gasteiger partial charge in [-0.25, -0.2) is 0 Å². The van der Waals surface area contributed by atoms with Crippen molar-refractivity contribution in [2.24, 2.45) is 0 Å². The molecule has 146 valence electrons. The third-order valence-electron chi connectivity index (χ3n) is 5.60. The average molecular weight is 367 g/mol. The summed E-state index contributed by atoms with van der Waals surface area (Å²) in [5.41, 5.74) is 3.90. The SMILES string of the molecule is Oc1cccc2c1CCC(NCCCCCCNCCc1ccccc1)C2. The number of nitrogens with one attached hydrogen (secondary N) is 2.